The number of aromatic nitrogens is 1. The predicted octanol–water partition coefficient (Wildman–Crippen LogP) is 5.76. The van der Waals surface area contributed by atoms with E-state index < -0.39 is 36.8 Å². The molecule has 0 radical (unpaired) electrons. The molecule has 1 aliphatic heterocycles. The number of aliphatic imine (C=N–C) groups is 1. The summed E-state index contributed by atoms with van der Waals surface area (Å²) >= 11 is 5.90. The Bertz CT molecular complexity index is 2090. The first-order chi connectivity index (χ1) is 20.2. The largest absolute Gasteiger partial charge is 0.359 e. The molecule has 210 valence electrons. The SMILES string of the molecule is O=C(NCc1ccc(Cl)cc1)c1c[nH]c2c(S(=O)(=O)C3(Cc4cccc5ccccc45)C=CC=N3)cc(F)cc2c1=O. The summed E-state index contributed by atoms with van der Waals surface area (Å²) in [6.07, 6.45) is 5.53. The number of pyridine rings is 1. The van der Waals surface area contributed by atoms with Crippen LogP contribution in [0.1, 0.15) is 21.5 Å². The summed E-state index contributed by atoms with van der Waals surface area (Å²) in [6.45, 7) is 0.122. The standard InChI is InChI=1S/C32H23ClFN3O4S/c33-23-11-9-20(10-12-23)18-36-31(39)27-19-35-29-26(30(27)38)15-24(34)16-28(29)42(40,41)32(13-4-14-37-32)17-22-7-3-6-21-5-1-2-8-25(21)22/h1-16,19H,17-18H2,(H,35,38)(H,36,39). The maximum Gasteiger partial charge on any atom is 0.257 e. The van der Waals surface area contributed by atoms with Gasteiger partial charge in [0.15, 0.2) is 4.87 Å². The van der Waals surface area contributed by atoms with Crippen LogP contribution in [0.25, 0.3) is 21.7 Å². The molecule has 1 atom stereocenters. The fourth-order valence-electron chi connectivity index (χ4n) is 5.20. The van der Waals surface area contributed by atoms with Crippen molar-refractivity contribution in [3.8, 4) is 0 Å². The van der Waals surface area contributed by atoms with Gasteiger partial charge in [-0.1, -0.05) is 66.2 Å². The average Bonchev–Trinajstić information content (AvgIpc) is 3.47. The van der Waals surface area contributed by atoms with E-state index in [-0.39, 0.29) is 29.4 Å². The van der Waals surface area contributed by atoms with E-state index in [2.05, 4.69) is 15.3 Å². The van der Waals surface area contributed by atoms with E-state index in [0.29, 0.717) is 5.02 Å². The Labute approximate surface area is 245 Å². The maximum atomic E-state index is 15.0. The van der Waals surface area contributed by atoms with Gasteiger partial charge in [-0.3, -0.25) is 14.6 Å². The van der Waals surface area contributed by atoms with Gasteiger partial charge < -0.3 is 10.3 Å². The molecule has 6 rings (SSSR count). The Morgan fingerprint density at radius 2 is 1.76 bits per heavy atom. The molecular weight excluding hydrogens is 577 g/mol. The molecule has 4 aromatic carbocycles. The number of aromatic amines is 1. The summed E-state index contributed by atoms with van der Waals surface area (Å²) in [5.41, 5.74) is 0.306. The van der Waals surface area contributed by atoms with Crippen LogP contribution in [0, 0.1) is 5.82 Å². The molecule has 0 aliphatic carbocycles. The molecule has 1 aromatic heterocycles. The van der Waals surface area contributed by atoms with Crippen LogP contribution in [0.15, 0.2) is 112 Å². The molecule has 5 aromatic rings. The number of benzene rings is 4. The fraction of sp³-hybridized carbons (Fsp3) is 0.0938. The van der Waals surface area contributed by atoms with Gasteiger partial charge in [-0.15, -0.1) is 0 Å². The molecule has 1 unspecified atom stereocenters. The lowest BCUT2D eigenvalue weighted by molar-refractivity contribution is 0.0949. The summed E-state index contributed by atoms with van der Waals surface area (Å²) in [6, 6.07) is 21.8. The lowest BCUT2D eigenvalue weighted by Gasteiger charge is -2.26. The number of allylic oxidation sites excluding steroid dienone is 1. The molecule has 0 bridgehead atoms. The normalized spacial score (nSPS) is 16.3. The first kappa shape index (κ1) is 27.6. The van der Waals surface area contributed by atoms with Gasteiger partial charge in [0.1, 0.15) is 11.4 Å². The van der Waals surface area contributed by atoms with Crippen molar-refractivity contribution >= 4 is 55.2 Å². The van der Waals surface area contributed by atoms with E-state index in [1.165, 1.54) is 18.4 Å². The van der Waals surface area contributed by atoms with Crippen LogP contribution in [0.2, 0.25) is 5.02 Å². The van der Waals surface area contributed by atoms with Crippen molar-refractivity contribution in [2.24, 2.45) is 4.99 Å². The van der Waals surface area contributed by atoms with Gasteiger partial charge in [-0.05, 0) is 58.3 Å². The van der Waals surface area contributed by atoms with Gasteiger partial charge in [-0.2, -0.15) is 0 Å². The van der Waals surface area contributed by atoms with E-state index in [0.717, 1.165) is 40.2 Å². The minimum Gasteiger partial charge on any atom is -0.359 e. The predicted molar refractivity (Wildman–Crippen MR) is 162 cm³/mol. The highest BCUT2D eigenvalue weighted by Gasteiger charge is 2.45. The summed E-state index contributed by atoms with van der Waals surface area (Å²) in [7, 11) is -4.42. The molecule has 1 amide bonds. The minimum atomic E-state index is -4.42. The number of sulfone groups is 1. The second-order valence-electron chi connectivity index (χ2n) is 9.97. The Hall–Kier alpha value is -4.60. The van der Waals surface area contributed by atoms with E-state index in [1.807, 2.05) is 42.5 Å². The highest BCUT2D eigenvalue weighted by molar-refractivity contribution is 7.93. The highest BCUT2D eigenvalue weighted by Crippen LogP contribution is 2.38. The smallest absolute Gasteiger partial charge is 0.257 e. The van der Waals surface area contributed by atoms with E-state index in [1.54, 1.807) is 24.3 Å². The molecule has 10 heteroatoms. The van der Waals surface area contributed by atoms with Gasteiger partial charge in [-0.25, -0.2) is 12.8 Å². The van der Waals surface area contributed by atoms with Crippen LogP contribution in [0.5, 0.6) is 0 Å². The molecule has 2 N–H and O–H groups in total. The second kappa shape index (κ2) is 10.7. The van der Waals surface area contributed by atoms with Crippen molar-refractivity contribution in [3.05, 3.63) is 135 Å². The number of carbonyl (C=O) groups is 1. The Balaban J connectivity index is 1.40. The highest BCUT2D eigenvalue weighted by atomic mass is 35.5. The number of carbonyl (C=O) groups excluding carboxylic acids is 1. The first-order valence-corrected chi connectivity index (χ1v) is 14.9. The topological polar surface area (TPSA) is 108 Å². The van der Waals surface area contributed by atoms with Crippen molar-refractivity contribution < 1.29 is 17.6 Å². The molecular formula is C32H23ClFN3O4S. The number of hydrogen-bond donors (Lipinski definition) is 2. The zero-order chi connectivity index (χ0) is 29.5. The average molecular weight is 600 g/mol. The zero-order valence-corrected chi connectivity index (χ0v) is 23.5. The molecule has 0 saturated heterocycles. The number of fused-ring (bicyclic) bond motifs is 2. The van der Waals surface area contributed by atoms with Crippen LogP contribution >= 0.6 is 11.6 Å². The number of nitrogens with zero attached hydrogens (tertiary/aromatic N) is 1. The van der Waals surface area contributed by atoms with Crippen molar-refractivity contribution in [2.45, 2.75) is 22.7 Å². The molecule has 0 saturated carbocycles. The van der Waals surface area contributed by atoms with Crippen molar-refractivity contribution in [1.82, 2.24) is 10.3 Å². The maximum absolute atomic E-state index is 15.0. The van der Waals surface area contributed by atoms with Crippen LogP contribution in [-0.2, 0) is 22.8 Å². The molecule has 0 spiro atoms. The number of halogens is 2. The Morgan fingerprint density at radius 1 is 1.00 bits per heavy atom. The van der Waals surface area contributed by atoms with Gasteiger partial charge >= 0.3 is 0 Å². The summed E-state index contributed by atoms with van der Waals surface area (Å²) < 4.78 is 43.7. The Morgan fingerprint density at radius 3 is 2.52 bits per heavy atom. The molecule has 7 nitrogen and oxygen atoms in total. The van der Waals surface area contributed by atoms with Crippen LogP contribution in [0.4, 0.5) is 4.39 Å². The number of nitrogens with one attached hydrogen (secondary N) is 2. The van der Waals surface area contributed by atoms with Crippen molar-refractivity contribution in [3.63, 3.8) is 0 Å². The van der Waals surface area contributed by atoms with E-state index in [9.17, 15) is 18.0 Å². The molecule has 2 heterocycles. The fourth-order valence-corrected chi connectivity index (χ4v) is 7.21. The number of amides is 1. The van der Waals surface area contributed by atoms with Crippen LogP contribution < -0.4 is 10.7 Å². The summed E-state index contributed by atoms with van der Waals surface area (Å²) in [5, 5.41) is 4.74. The van der Waals surface area contributed by atoms with Gasteiger partial charge in [0.25, 0.3) is 5.91 Å². The van der Waals surface area contributed by atoms with Crippen molar-refractivity contribution in [1.29, 1.82) is 0 Å². The van der Waals surface area contributed by atoms with Gasteiger partial charge in [0.2, 0.25) is 15.3 Å². The number of hydrogen-bond acceptors (Lipinski definition) is 5. The molecule has 42 heavy (non-hydrogen) atoms. The van der Waals surface area contributed by atoms with Crippen LogP contribution in [-0.4, -0.2) is 30.4 Å². The van der Waals surface area contributed by atoms with Gasteiger partial charge in [0.05, 0.1) is 15.8 Å². The van der Waals surface area contributed by atoms with Gasteiger partial charge in [0, 0.05) is 30.4 Å². The lowest BCUT2D eigenvalue weighted by Crippen LogP contribution is -2.36. The quantitative estimate of drug-likeness (QED) is 0.248. The molecule has 0 fully saturated rings. The number of rotatable bonds is 7. The second-order valence-corrected chi connectivity index (χ2v) is 12.6. The summed E-state index contributed by atoms with van der Waals surface area (Å²) in [5.74, 6) is -1.63. The summed E-state index contributed by atoms with van der Waals surface area (Å²) in [4.78, 5) is 31.2. The third kappa shape index (κ3) is 4.80. The number of H-pyrrole nitrogens is 1. The first-order valence-electron chi connectivity index (χ1n) is 13.0. The third-order valence-corrected chi connectivity index (χ3v) is 9.81. The lowest BCUT2D eigenvalue weighted by atomic mass is 9.99. The molecule has 1 aliphatic rings. The zero-order valence-electron chi connectivity index (χ0n) is 22.0. The van der Waals surface area contributed by atoms with Crippen molar-refractivity contribution in [2.75, 3.05) is 0 Å². The minimum absolute atomic E-state index is 0.0168. The monoisotopic (exact) mass is 599 g/mol. The third-order valence-electron chi connectivity index (χ3n) is 7.34. The van der Waals surface area contributed by atoms with E-state index in [4.69, 9.17) is 11.6 Å². The Kier molecular flexibility index (Phi) is 7.00. The van der Waals surface area contributed by atoms with Crippen LogP contribution in [0.3, 0.4) is 0 Å². The van der Waals surface area contributed by atoms with E-state index >= 15 is 4.39 Å².